The van der Waals surface area contributed by atoms with Crippen LogP contribution in [0.3, 0.4) is 0 Å². The minimum absolute atomic E-state index is 0.643. The van der Waals surface area contributed by atoms with Gasteiger partial charge in [0.2, 0.25) is 0 Å². The number of ether oxygens (including phenoxy) is 2. The normalized spacial score (nSPS) is 10.7. The molecule has 1 aromatic heterocycles. The first-order chi connectivity index (χ1) is 10.2. The minimum atomic E-state index is 0.643. The number of anilines is 2. The molecule has 0 aromatic carbocycles. The van der Waals surface area contributed by atoms with Gasteiger partial charge in [-0.3, -0.25) is 0 Å². The zero-order valence-electron chi connectivity index (χ0n) is 13.7. The number of nitrogens with zero attached hydrogens (tertiary/aromatic N) is 2. The van der Waals surface area contributed by atoms with Gasteiger partial charge in [-0.05, 0) is 20.3 Å². The highest BCUT2D eigenvalue weighted by molar-refractivity contribution is 5.57. The lowest BCUT2D eigenvalue weighted by atomic mass is 10.2. The van der Waals surface area contributed by atoms with Gasteiger partial charge >= 0.3 is 0 Å². The predicted molar refractivity (Wildman–Crippen MR) is 86.1 cm³/mol. The maximum atomic E-state index is 5.44. The van der Waals surface area contributed by atoms with Crippen LogP contribution in [0, 0.1) is 6.92 Å². The summed E-state index contributed by atoms with van der Waals surface area (Å²) in [5, 5.41) is 6.66. The molecule has 21 heavy (non-hydrogen) atoms. The van der Waals surface area contributed by atoms with Gasteiger partial charge in [0.15, 0.2) is 0 Å². The first-order valence-corrected chi connectivity index (χ1v) is 7.64. The summed E-state index contributed by atoms with van der Waals surface area (Å²) in [6, 6.07) is 0. The molecule has 1 heterocycles. The van der Waals surface area contributed by atoms with E-state index >= 15 is 0 Å². The van der Waals surface area contributed by atoms with E-state index in [0.717, 1.165) is 55.6 Å². The largest absolute Gasteiger partial charge is 0.382 e. The molecule has 0 amide bonds. The van der Waals surface area contributed by atoms with Crippen molar-refractivity contribution in [2.75, 3.05) is 50.7 Å². The molecule has 0 bridgehead atoms. The molecule has 120 valence electrons. The van der Waals surface area contributed by atoms with E-state index in [2.05, 4.69) is 34.4 Å². The first-order valence-electron chi connectivity index (χ1n) is 7.64. The highest BCUT2D eigenvalue weighted by Crippen LogP contribution is 2.20. The zero-order valence-corrected chi connectivity index (χ0v) is 13.7. The number of rotatable bonds is 11. The summed E-state index contributed by atoms with van der Waals surface area (Å²) in [7, 11) is 1.68. The third kappa shape index (κ3) is 6.27. The maximum Gasteiger partial charge on any atom is 0.134 e. The molecule has 0 saturated heterocycles. The number of methoxy groups -OCH3 is 1. The number of aromatic nitrogens is 2. The second-order valence-electron chi connectivity index (χ2n) is 4.73. The Morgan fingerprint density at radius 3 is 2.33 bits per heavy atom. The smallest absolute Gasteiger partial charge is 0.134 e. The van der Waals surface area contributed by atoms with Gasteiger partial charge in [-0.1, -0.05) is 6.92 Å². The molecule has 0 fully saturated rings. The van der Waals surface area contributed by atoms with Gasteiger partial charge in [0.25, 0.3) is 0 Å². The second kappa shape index (κ2) is 10.3. The monoisotopic (exact) mass is 296 g/mol. The Balaban J connectivity index is 2.48. The molecular weight excluding hydrogens is 268 g/mol. The third-order valence-electron chi connectivity index (χ3n) is 3.04. The van der Waals surface area contributed by atoms with E-state index in [1.54, 1.807) is 7.11 Å². The SMILES string of the molecule is CCNc1nc(CC)nc(NCCCOCCOC)c1C. The molecule has 2 N–H and O–H groups in total. The molecule has 0 unspecified atom stereocenters. The van der Waals surface area contributed by atoms with Crippen molar-refractivity contribution >= 4 is 11.6 Å². The van der Waals surface area contributed by atoms with Crippen molar-refractivity contribution in [1.82, 2.24) is 9.97 Å². The fourth-order valence-electron chi connectivity index (χ4n) is 1.86. The molecule has 6 nitrogen and oxygen atoms in total. The molecule has 1 rings (SSSR count). The summed E-state index contributed by atoms with van der Waals surface area (Å²) in [4.78, 5) is 9.08. The van der Waals surface area contributed by atoms with Crippen LogP contribution in [0.5, 0.6) is 0 Å². The summed E-state index contributed by atoms with van der Waals surface area (Å²) in [6.45, 7) is 9.87. The molecule has 0 radical (unpaired) electrons. The summed E-state index contributed by atoms with van der Waals surface area (Å²) >= 11 is 0. The average Bonchev–Trinajstić information content (AvgIpc) is 2.49. The Hall–Kier alpha value is -1.40. The van der Waals surface area contributed by atoms with Gasteiger partial charge in [0.1, 0.15) is 17.5 Å². The van der Waals surface area contributed by atoms with Crippen LogP contribution < -0.4 is 10.6 Å². The lowest BCUT2D eigenvalue weighted by molar-refractivity contribution is 0.0705. The van der Waals surface area contributed by atoms with E-state index in [4.69, 9.17) is 9.47 Å². The van der Waals surface area contributed by atoms with Crippen LogP contribution in [0.4, 0.5) is 11.6 Å². The van der Waals surface area contributed by atoms with Crippen LogP contribution in [0.1, 0.15) is 31.7 Å². The van der Waals surface area contributed by atoms with Crippen molar-refractivity contribution in [2.24, 2.45) is 0 Å². The number of aryl methyl sites for hydroxylation is 1. The Labute approximate surface area is 127 Å². The van der Waals surface area contributed by atoms with Crippen LogP contribution in [0.2, 0.25) is 0 Å². The van der Waals surface area contributed by atoms with E-state index < -0.39 is 0 Å². The molecule has 1 aromatic rings. The summed E-state index contributed by atoms with van der Waals surface area (Å²) in [6.07, 6.45) is 1.76. The minimum Gasteiger partial charge on any atom is -0.382 e. The highest BCUT2D eigenvalue weighted by Gasteiger charge is 2.09. The standard InChI is InChI=1S/C15H28N4O2/c1-5-13-18-14(16-6-2)12(3)15(19-13)17-8-7-9-21-11-10-20-4/h5-11H2,1-4H3,(H2,16,17,18,19). The van der Waals surface area contributed by atoms with Gasteiger partial charge < -0.3 is 20.1 Å². The second-order valence-corrected chi connectivity index (χ2v) is 4.73. The quantitative estimate of drug-likeness (QED) is 0.610. The van der Waals surface area contributed by atoms with Crippen molar-refractivity contribution in [1.29, 1.82) is 0 Å². The molecule has 0 aliphatic heterocycles. The Morgan fingerprint density at radius 2 is 1.71 bits per heavy atom. The summed E-state index contributed by atoms with van der Waals surface area (Å²) in [5.74, 6) is 2.69. The molecule has 6 heteroatoms. The Kier molecular flexibility index (Phi) is 8.69. The first kappa shape index (κ1) is 17.7. The Morgan fingerprint density at radius 1 is 1.00 bits per heavy atom. The van der Waals surface area contributed by atoms with E-state index in [0.29, 0.717) is 13.2 Å². The van der Waals surface area contributed by atoms with E-state index in [-0.39, 0.29) is 0 Å². The predicted octanol–water partition coefficient (Wildman–Crippen LogP) is 2.24. The van der Waals surface area contributed by atoms with Crippen LogP contribution in [-0.4, -0.2) is 50.0 Å². The van der Waals surface area contributed by atoms with Crippen molar-refractivity contribution in [3.63, 3.8) is 0 Å². The van der Waals surface area contributed by atoms with Crippen molar-refractivity contribution < 1.29 is 9.47 Å². The summed E-state index contributed by atoms with van der Waals surface area (Å²) in [5.41, 5.74) is 1.06. The molecule has 0 saturated carbocycles. The highest BCUT2D eigenvalue weighted by atomic mass is 16.5. The number of nitrogens with one attached hydrogen (secondary N) is 2. The number of hydrogen-bond donors (Lipinski definition) is 2. The summed E-state index contributed by atoms with van der Waals surface area (Å²) < 4.78 is 10.4. The van der Waals surface area contributed by atoms with Gasteiger partial charge in [0, 0.05) is 38.8 Å². The fourth-order valence-corrected chi connectivity index (χ4v) is 1.86. The number of hydrogen-bond acceptors (Lipinski definition) is 6. The van der Waals surface area contributed by atoms with Crippen LogP contribution in [0.15, 0.2) is 0 Å². The van der Waals surface area contributed by atoms with Crippen LogP contribution >= 0.6 is 0 Å². The van der Waals surface area contributed by atoms with Crippen molar-refractivity contribution in [3.8, 4) is 0 Å². The maximum absolute atomic E-state index is 5.44. The van der Waals surface area contributed by atoms with Crippen molar-refractivity contribution in [3.05, 3.63) is 11.4 Å². The van der Waals surface area contributed by atoms with Gasteiger partial charge in [-0.2, -0.15) is 0 Å². The lowest BCUT2D eigenvalue weighted by Gasteiger charge is -2.14. The molecule has 0 atom stereocenters. The topological polar surface area (TPSA) is 68.3 Å². The molecule has 0 aliphatic rings. The fraction of sp³-hybridized carbons (Fsp3) is 0.733. The van der Waals surface area contributed by atoms with Gasteiger partial charge in [0.05, 0.1) is 13.2 Å². The third-order valence-corrected chi connectivity index (χ3v) is 3.04. The van der Waals surface area contributed by atoms with Gasteiger partial charge in [-0.25, -0.2) is 9.97 Å². The zero-order chi connectivity index (χ0) is 15.5. The molecular formula is C15H28N4O2. The van der Waals surface area contributed by atoms with E-state index in [1.807, 2.05) is 6.92 Å². The average molecular weight is 296 g/mol. The van der Waals surface area contributed by atoms with E-state index in [1.165, 1.54) is 0 Å². The van der Waals surface area contributed by atoms with Crippen molar-refractivity contribution in [2.45, 2.75) is 33.6 Å². The lowest BCUT2D eigenvalue weighted by Crippen LogP contribution is -2.13. The van der Waals surface area contributed by atoms with Gasteiger partial charge in [-0.15, -0.1) is 0 Å². The molecule has 0 aliphatic carbocycles. The molecule has 0 spiro atoms. The van der Waals surface area contributed by atoms with Crippen LogP contribution in [0.25, 0.3) is 0 Å². The Bertz CT molecular complexity index is 413. The van der Waals surface area contributed by atoms with Crippen LogP contribution in [-0.2, 0) is 15.9 Å². The van der Waals surface area contributed by atoms with E-state index in [9.17, 15) is 0 Å².